The van der Waals surface area contributed by atoms with Crippen LogP contribution in [-0.4, -0.2) is 49.5 Å². The molecule has 6 N–H and O–H groups in total. The zero-order valence-corrected chi connectivity index (χ0v) is 20.3. The van der Waals surface area contributed by atoms with Gasteiger partial charge in [-0.3, -0.25) is 9.59 Å². The molecule has 1 aliphatic rings. The number of hydrogen-bond donors (Lipinski definition) is 4. The lowest BCUT2D eigenvalue weighted by atomic mass is 9.59. The molecule has 3 rings (SSSR count). The van der Waals surface area contributed by atoms with E-state index in [9.17, 15) is 14.7 Å². The van der Waals surface area contributed by atoms with E-state index >= 15 is 0 Å². The number of thiazole rings is 1. The molecule has 0 spiro atoms. The number of rotatable bonds is 9. The minimum absolute atomic E-state index is 0.163. The maximum atomic E-state index is 14.2. The van der Waals surface area contributed by atoms with Gasteiger partial charge in [-0.25, -0.2) is 9.97 Å². The fourth-order valence-corrected chi connectivity index (χ4v) is 5.45. The van der Waals surface area contributed by atoms with E-state index in [0.29, 0.717) is 23.5 Å². The molecule has 2 aromatic rings. The zero-order chi connectivity index (χ0) is 24.2. The largest absolute Gasteiger partial charge is 0.459 e. The third kappa shape index (κ3) is 5.51. The van der Waals surface area contributed by atoms with Gasteiger partial charge in [-0.05, 0) is 39.5 Å². The maximum Gasteiger partial charge on any atom is 0.322 e. The van der Waals surface area contributed by atoms with Crippen LogP contribution in [0.25, 0.3) is 0 Å². The van der Waals surface area contributed by atoms with Crippen molar-refractivity contribution >= 4 is 23.1 Å². The fourth-order valence-electron chi connectivity index (χ4n) is 4.78. The van der Waals surface area contributed by atoms with E-state index in [1.807, 2.05) is 0 Å². The van der Waals surface area contributed by atoms with E-state index in [4.69, 9.17) is 16.2 Å². The molecule has 9 nitrogen and oxygen atoms in total. The molecule has 0 bridgehead atoms. The fraction of sp³-hybridized carbons (Fsp3) is 0.652. The van der Waals surface area contributed by atoms with Gasteiger partial charge in [0.2, 0.25) is 0 Å². The van der Waals surface area contributed by atoms with E-state index in [0.717, 1.165) is 19.3 Å². The highest BCUT2D eigenvalue weighted by Crippen LogP contribution is 2.47. The van der Waals surface area contributed by atoms with Crippen molar-refractivity contribution in [1.29, 1.82) is 0 Å². The first-order chi connectivity index (χ1) is 15.6. The normalized spacial score (nSPS) is 19.9. The van der Waals surface area contributed by atoms with Gasteiger partial charge >= 0.3 is 5.97 Å². The number of aliphatic hydroxyl groups is 1. The molecule has 182 valence electrons. The van der Waals surface area contributed by atoms with Gasteiger partial charge in [-0.15, -0.1) is 11.3 Å². The molecular weight excluding hydrogens is 442 g/mol. The molecule has 33 heavy (non-hydrogen) atoms. The number of hydrogen-bond acceptors (Lipinski definition) is 9. The number of esters is 1. The number of Topliss-reactive ketones (excluding diaryl/α,β-unsaturated/α-hetero) is 1. The second kappa shape index (κ2) is 10.4. The van der Waals surface area contributed by atoms with Gasteiger partial charge < -0.3 is 26.3 Å². The quantitative estimate of drug-likeness (QED) is 0.316. The maximum absolute atomic E-state index is 14.2. The van der Waals surface area contributed by atoms with Crippen LogP contribution in [0.2, 0.25) is 0 Å². The Morgan fingerprint density at radius 2 is 1.97 bits per heavy atom. The molecule has 1 saturated carbocycles. The lowest BCUT2D eigenvalue weighted by Crippen LogP contribution is -2.64. The molecule has 1 fully saturated rings. The number of imidazole rings is 1. The predicted molar refractivity (Wildman–Crippen MR) is 125 cm³/mol. The average Bonchev–Trinajstić information content (AvgIpc) is 3.47. The molecule has 0 aliphatic heterocycles. The van der Waals surface area contributed by atoms with Crippen molar-refractivity contribution in [3.63, 3.8) is 0 Å². The Hall–Kier alpha value is -2.14. The Kier molecular flexibility index (Phi) is 8.04. The van der Waals surface area contributed by atoms with Crippen LogP contribution in [0, 0.1) is 11.3 Å². The van der Waals surface area contributed by atoms with Gasteiger partial charge in [0.05, 0.1) is 18.4 Å². The number of aliphatic hydroxyl groups excluding tert-OH is 1. The third-order valence-corrected chi connectivity index (χ3v) is 7.14. The average molecular weight is 478 g/mol. The van der Waals surface area contributed by atoms with Crippen LogP contribution in [0.15, 0.2) is 24.1 Å². The summed E-state index contributed by atoms with van der Waals surface area (Å²) in [5.74, 6) is -1.64. The minimum Gasteiger partial charge on any atom is -0.459 e. The molecule has 0 aromatic carbocycles. The van der Waals surface area contributed by atoms with E-state index in [2.05, 4.69) is 15.0 Å². The Bertz CT molecular complexity index is 906. The van der Waals surface area contributed by atoms with Gasteiger partial charge in [0.25, 0.3) is 0 Å². The summed E-state index contributed by atoms with van der Waals surface area (Å²) in [7, 11) is 0. The lowest BCUT2D eigenvalue weighted by molar-refractivity contribution is -0.181. The topological polar surface area (TPSA) is 157 Å². The second-order valence-electron chi connectivity index (χ2n) is 9.80. The summed E-state index contributed by atoms with van der Waals surface area (Å²) in [5.41, 5.74) is 11.1. The van der Waals surface area contributed by atoms with Crippen molar-refractivity contribution < 1.29 is 19.4 Å². The summed E-state index contributed by atoms with van der Waals surface area (Å²) in [6.45, 7) is 5.23. The van der Waals surface area contributed by atoms with Gasteiger partial charge in [0.1, 0.15) is 22.1 Å². The Morgan fingerprint density at radius 1 is 1.27 bits per heavy atom. The minimum atomic E-state index is -1.81. The first kappa shape index (κ1) is 25.5. The smallest absolute Gasteiger partial charge is 0.322 e. The van der Waals surface area contributed by atoms with Crippen LogP contribution in [0.1, 0.15) is 69.7 Å². The van der Waals surface area contributed by atoms with Crippen molar-refractivity contribution in [1.82, 2.24) is 15.0 Å². The number of ether oxygens (including phenoxy) is 1. The molecular formula is C23H35N5O4S. The van der Waals surface area contributed by atoms with E-state index in [-0.39, 0.29) is 6.42 Å². The summed E-state index contributed by atoms with van der Waals surface area (Å²) >= 11 is 1.22. The number of nitrogens with one attached hydrogen (secondary N) is 1. The molecule has 0 radical (unpaired) electrons. The molecule has 0 amide bonds. The van der Waals surface area contributed by atoms with Gasteiger partial charge in [0.15, 0.2) is 5.78 Å². The van der Waals surface area contributed by atoms with Gasteiger partial charge in [0, 0.05) is 29.9 Å². The molecule has 1 unspecified atom stereocenters. The lowest BCUT2D eigenvalue weighted by Gasteiger charge is -2.46. The number of aromatic nitrogens is 3. The number of H-pyrrole nitrogens is 1. The van der Waals surface area contributed by atoms with Crippen LogP contribution in [0.4, 0.5) is 0 Å². The number of ketones is 1. The second-order valence-corrected chi connectivity index (χ2v) is 10.7. The van der Waals surface area contributed by atoms with Crippen LogP contribution in [-0.2, 0) is 20.7 Å². The van der Waals surface area contributed by atoms with E-state index in [1.165, 1.54) is 17.7 Å². The molecule has 2 heterocycles. The highest BCUT2D eigenvalue weighted by atomic mass is 32.1. The summed E-state index contributed by atoms with van der Waals surface area (Å²) in [6, 6.07) is -2.30. The molecule has 0 saturated heterocycles. The van der Waals surface area contributed by atoms with Gasteiger partial charge in [-0.1, -0.05) is 19.3 Å². The number of aromatic amines is 1. The first-order valence-electron chi connectivity index (χ1n) is 11.4. The Morgan fingerprint density at radius 3 is 2.52 bits per heavy atom. The van der Waals surface area contributed by atoms with E-state index in [1.54, 1.807) is 38.5 Å². The monoisotopic (exact) mass is 477 g/mol. The zero-order valence-electron chi connectivity index (χ0n) is 19.5. The first-order valence-corrected chi connectivity index (χ1v) is 12.3. The standard InChI is InChI=1S/C23H35N5O4S/c1-22(2,3)32-21(31)23(14-7-5-4-6-8-14,18(25)17(29)20-27-9-10-33-20)19(30)16(24)11-15-12-26-13-28-15/h9-10,12-14,16-18,29H,4-8,11,24-25H2,1-3H3,(H,26,28)/t16-,17+,18+,23?/m0/s1. The van der Waals surface area contributed by atoms with Crippen molar-refractivity contribution in [2.75, 3.05) is 0 Å². The molecule has 1 aliphatic carbocycles. The van der Waals surface area contributed by atoms with Crippen molar-refractivity contribution in [3.8, 4) is 0 Å². The third-order valence-electron chi connectivity index (χ3n) is 6.30. The predicted octanol–water partition coefficient (Wildman–Crippen LogP) is 2.27. The summed E-state index contributed by atoms with van der Waals surface area (Å²) in [5, 5.41) is 13.2. The highest BCUT2D eigenvalue weighted by Gasteiger charge is 2.61. The van der Waals surface area contributed by atoms with Crippen LogP contribution >= 0.6 is 11.3 Å². The highest BCUT2D eigenvalue weighted by molar-refractivity contribution is 7.09. The summed E-state index contributed by atoms with van der Waals surface area (Å²) in [4.78, 5) is 39.2. The van der Waals surface area contributed by atoms with Crippen molar-refractivity contribution in [2.45, 2.75) is 83.1 Å². The molecule has 2 aromatic heterocycles. The molecule has 4 atom stereocenters. The van der Waals surface area contributed by atoms with Crippen molar-refractivity contribution in [2.24, 2.45) is 22.8 Å². The van der Waals surface area contributed by atoms with Crippen LogP contribution in [0.3, 0.4) is 0 Å². The number of nitrogens with two attached hydrogens (primary N) is 2. The molecule has 10 heteroatoms. The summed E-state index contributed by atoms with van der Waals surface area (Å²) < 4.78 is 5.81. The number of carbonyl (C=O) groups is 2. The van der Waals surface area contributed by atoms with Gasteiger partial charge in [-0.2, -0.15) is 0 Å². The van der Waals surface area contributed by atoms with E-state index < -0.39 is 46.9 Å². The van der Waals surface area contributed by atoms with Crippen LogP contribution in [0.5, 0.6) is 0 Å². The number of nitrogens with zero attached hydrogens (tertiary/aromatic N) is 2. The Labute approximate surface area is 198 Å². The Balaban J connectivity index is 2.10. The SMILES string of the molecule is CC(C)(C)OC(=O)C(C(=O)[C@@H](N)Cc1cnc[nH]1)(C1CCCCC1)[C@H](N)[C@@H](O)c1nccs1. The number of carbonyl (C=O) groups excluding carboxylic acids is 2. The van der Waals surface area contributed by atoms with Crippen molar-refractivity contribution in [3.05, 3.63) is 34.8 Å². The summed E-state index contributed by atoms with van der Waals surface area (Å²) in [6.07, 6.45) is 7.48. The van der Waals surface area contributed by atoms with Crippen LogP contribution < -0.4 is 11.5 Å².